The number of aryl methyl sites for hydroxylation is 1. The third-order valence-electron chi connectivity index (χ3n) is 2.67. The first kappa shape index (κ1) is 12.4. The van der Waals surface area contributed by atoms with Crippen molar-refractivity contribution in [2.75, 3.05) is 11.9 Å². The quantitative estimate of drug-likeness (QED) is 0.872. The minimum Gasteiger partial charge on any atom is -0.492 e. The maximum Gasteiger partial charge on any atom is 0.142 e. The Morgan fingerprint density at radius 1 is 1.17 bits per heavy atom. The van der Waals surface area contributed by atoms with Crippen molar-refractivity contribution in [3.05, 3.63) is 53.9 Å². The molecule has 1 N–H and O–H groups in total. The summed E-state index contributed by atoms with van der Waals surface area (Å²) in [7, 11) is 0. The Hall–Kier alpha value is -2.03. The van der Waals surface area contributed by atoms with Gasteiger partial charge < -0.3 is 10.1 Å². The van der Waals surface area contributed by atoms with Crippen LogP contribution in [0, 0.1) is 6.92 Å². The summed E-state index contributed by atoms with van der Waals surface area (Å²) in [6.45, 7) is 5.50. The summed E-state index contributed by atoms with van der Waals surface area (Å²) in [5.41, 5.74) is 3.43. The van der Waals surface area contributed by atoms with Crippen molar-refractivity contribution in [2.45, 2.75) is 20.4 Å². The fraction of sp³-hybridized carbons (Fsp3) is 0.267. The average Bonchev–Trinajstić information content (AvgIpc) is 2.39. The number of pyridine rings is 1. The van der Waals surface area contributed by atoms with Gasteiger partial charge in [0.2, 0.25) is 0 Å². The molecular formula is C15H18N2O. The van der Waals surface area contributed by atoms with Crippen LogP contribution in [-0.4, -0.2) is 11.6 Å². The second kappa shape index (κ2) is 6.05. The highest BCUT2D eigenvalue weighted by Gasteiger charge is 2.03. The number of anilines is 1. The summed E-state index contributed by atoms with van der Waals surface area (Å²) in [6.07, 6.45) is 3.60. The van der Waals surface area contributed by atoms with Gasteiger partial charge in [-0.05, 0) is 49.2 Å². The Kier molecular flexibility index (Phi) is 4.18. The summed E-state index contributed by atoms with van der Waals surface area (Å²) in [4.78, 5) is 4.01. The first-order chi connectivity index (χ1) is 8.79. The molecule has 0 aliphatic rings. The lowest BCUT2D eigenvalue weighted by atomic mass is 10.2. The van der Waals surface area contributed by atoms with Gasteiger partial charge in [-0.25, -0.2) is 0 Å². The first-order valence-electron chi connectivity index (χ1n) is 6.16. The molecule has 2 rings (SSSR count). The predicted octanol–water partition coefficient (Wildman–Crippen LogP) is 3.40. The van der Waals surface area contributed by atoms with E-state index in [1.807, 2.05) is 19.1 Å². The molecule has 18 heavy (non-hydrogen) atoms. The van der Waals surface area contributed by atoms with Gasteiger partial charge in [0.05, 0.1) is 12.3 Å². The Morgan fingerprint density at radius 3 is 2.67 bits per heavy atom. The van der Waals surface area contributed by atoms with Gasteiger partial charge in [-0.3, -0.25) is 4.98 Å². The second-order valence-electron chi connectivity index (χ2n) is 4.14. The van der Waals surface area contributed by atoms with Gasteiger partial charge in [0, 0.05) is 18.9 Å². The van der Waals surface area contributed by atoms with E-state index in [9.17, 15) is 0 Å². The average molecular weight is 242 g/mol. The smallest absolute Gasteiger partial charge is 0.142 e. The van der Waals surface area contributed by atoms with Gasteiger partial charge in [-0.1, -0.05) is 6.07 Å². The lowest BCUT2D eigenvalue weighted by molar-refractivity contribution is 0.341. The molecule has 0 saturated carbocycles. The van der Waals surface area contributed by atoms with Crippen LogP contribution in [0.1, 0.15) is 18.1 Å². The number of aromatic nitrogens is 1. The molecule has 94 valence electrons. The molecule has 0 radical (unpaired) electrons. The van der Waals surface area contributed by atoms with Crippen molar-refractivity contribution in [2.24, 2.45) is 0 Å². The molecular weight excluding hydrogens is 224 g/mol. The molecule has 1 heterocycles. The highest BCUT2D eigenvalue weighted by Crippen LogP contribution is 2.26. The fourth-order valence-corrected chi connectivity index (χ4v) is 1.75. The summed E-state index contributed by atoms with van der Waals surface area (Å²) in [5, 5.41) is 3.39. The van der Waals surface area contributed by atoms with E-state index in [0.717, 1.165) is 18.0 Å². The molecule has 2 aromatic rings. The Morgan fingerprint density at radius 2 is 1.94 bits per heavy atom. The number of ether oxygens (including phenoxy) is 1. The number of benzene rings is 1. The lowest BCUT2D eigenvalue weighted by Gasteiger charge is -2.13. The first-order valence-corrected chi connectivity index (χ1v) is 6.16. The molecule has 0 spiro atoms. The van der Waals surface area contributed by atoms with E-state index in [1.165, 1.54) is 11.1 Å². The van der Waals surface area contributed by atoms with Crippen LogP contribution in [0.5, 0.6) is 5.75 Å². The van der Waals surface area contributed by atoms with Gasteiger partial charge in [-0.15, -0.1) is 0 Å². The summed E-state index contributed by atoms with van der Waals surface area (Å²) >= 11 is 0. The zero-order valence-corrected chi connectivity index (χ0v) is 10.8. The minimum atomic E-state index is 0.674. The van der Waals surface area contributed by atoms with E-state index in [2.05, 4.69) is 35.4 Å². The van der Waals surface area contributed by atoms with Gasteiger partial charge in [0.15, 0.2) is 0 Å². The Labute approximate surface area is 108 Å². The summed E-state index contributed by atoms with van der Waals surface area (Å²) in [5.74, 6) is 0.909. The molecule has 1 aromatic carbocycles. The SMILES string of the molecule is CCOc1cc(C)ccc1NCc1ccncc1. The molecule has 0 saturated heterocycles. The van der Waals surface area contributed by atoms with Crippen LogP contribution < -0.4 is 10.1 Å². The number of hydrogen-bond donors (Lipinski definition) is 1. The van der Waals surface area contributed by atoms with Crippen molar-refractivity contribution in [3.8, 4) is 5.75 Å². The second-order valence-corrected chi connectivity index (χ2v) is 4.14. The minimum absolute atomic E-state index is 0.674. The molecule has 0 amide bonds. The highest BCUT2D eigenvalue weighted by atomic mass is 16.5. The van der Waals surface area contributed by atoms with E-state index in [-0.39, 0.29) is 0 Å². The molecule has 1 aromatic heterocycles. The topological polar surface area (TPSA) is 34.1 Å². The van der Waals surface area contributed by atoms with Crippen LogP contribution in [0.15, 0.2) is 42.7 Å². The lowest BCUT2D eigenvalue weighted by Crippen LogP contribution is -2.03. The largest absolute Gasteiger partial charge is 0.492 e. The van der Waals surface area contributed by atoms with E-state index in [4.69, 9.17) is 4.74 Å². The molecule has 0 bridgehead atoms. The molecule has 0 aliphatic heterocycles. The van der Waals surface area contributed by atoms with Gasteiger partial charge >= 0.3 is 0 Å². The van der Waals surface area contributed by atoms with Crippen LogP contribution >= 0.6 is 0 Å². The molecule has 3 heteroatoms. The maximum atomic E-state index is 5.63. The van der Waals surface area contributed by atoms with Crippen molar-refractivity contribution in [1.29, 1.82) is 0 Å². The Bertz CT molecular complexity index is 497. The van der Waals surface area contributed by atoms with Crippen LogP contribution in [0.25, 0.3) is 0 Å². The predicted molar refractivity (Wildman–Crippen MR) is 73.9 cm³/mol. The third-order valence-corrected chi connectivity index (χ3v) is 2.67. The monoisotopic (exact) mass is 242 g/mol. The van der Waals surface area contributed by atoms with Gasteiger partial charge in [-0.2, -0.15) is 0 Å². The van der Waals surface area contributed by atoms with E-state index >= 15 is 0 Å². The number of rotatable bonds is 5. The van der Waals surface area contributed by atoms with Crippen LogP contribution in [0.4, 0.5) is 5.69 Å². The normalized spacial score (nSPS) is 10.1. The van der Waals surface area contributed by atoms with Crippen LogP contribution in [-0.2, 0) is 6.54 Å². The van der Waals surface area contributed by atoms with E-state index < -0.39 is 0 Å². The van der Waals surface area contributed by atoms with Gasteiger partial charge in [0.1, 0.15) is 5.75 Å². The standard InChI is InChI=1S/C15H18N2O/c1-3-18-15-10-12(2)4-5-14(15)17-11-13-6-8-16-9-7-13/h4-10,17H,3,11H2,1-2H3. The maximum absolute atomic E-state index is 5.63. The van der Waals surface area contributed by atoms with Crippen molar-refractivity contribution in [3.63, 3.8) is 0 Å². The van der Waals surface area contributed by atoms with Crippen LogP contribution in [0.2, 0.25) is 0 Å². The van der Waals surface area contributed by atoms with Crippen molar-refractivity contribution in [1.82, 2.24) is 4.98 Å². The van der Waals surface area contributed by atoms with Gasteiger partial charge in [0.25, 0.3) is 0 Å². The number of nitrogens with zero attached hydrogens (tertiary/aromatic N) is 1. The fourth-order valence-electron chi connectivity index (χ4n) is 1.75. The third kappa shape index (κ3) is 3.23. The highest BCUT2D eigenvalue weighted by molar-refractivity contribution is 5.57. The van der Waals surface area contributed by atoms with E-state index in [1.54, 1.807) is 12.4 Å². The van der Waals surface area contributed by atoms with Crippen molar-refractivity contribution < 1.29 is 4.74 Å². The summed E-state index contributed by atoms with van der Waals surface area (Å²) in [6, 6.07) is 10.2. The molecule has 0 fully saturated rings. The number of nitrogens with one attached hydrogen (secondary N) is 1. The molecule has 3 nitrogen and oxygen atoms in total. The zero-order valence-electron chi connectivity index (χ0n) is 10.8. The molecule has 0 aliphatic carbocycles. The van der Waals surface area contributed by atoms with Crippen molar-refractivity contribution >= 4 is 5.69 Å². The van der Waals surface area contributed by atoms with Crippen LogP contribution in [0.3, 0.4) is 0 Å². The molecule has 0 atom stereocenters. The summed E-state index contributed by atoms with van der Waals surface area (Å²) < 4.78 is 5.63. The Balaban J connectivity index is 2.09. The number of hydrogen-bond acceptors (Lipinski definition) is 3. The zero-order chi connectivity index (χ0) is 12.8. The van der Waals surface area contributed by atoms with E-state index in [0.29, 0.717) is 6.61 Å². The molecule has 0 unspecified atom stereocenters.